The molecule has 1 aromatic carbocycles. The summed E-state index contributed by atoms with van der Waals surface area (Å²) in [5, 5.41) is 3.25. The fraction of sp³-hybridized carbons (Fsp3) is 0. The first-order chi connectivity index (χ1) is 9.65. The number of para-hydroxylation sites is 1. The highest BCUT2D eigenvalue weighted by atomic mass is 35.5. The van der Waals surface area contributed by atoms with E-state index >= 15 is 0 Å². The number of halogens is 3. The summed E-state index contributed by atoms with van der Waals surface area (Å²) in [4.78, 5) is 12.7. The molecule has 2 heterocycles. The molecule has 0 aliphatic carbocycles. The maximum Gasteiger partial charge on any atom is 0.149 e. The van der Waals surface area contributed by atoms with Crippen LogP contribution < -0.4 is 0 Å². The van der Waals surface area contributed by atoms with Gasteiger partial charge in [-0.3, -0.25) is 0 Å². The van der Waals surface area contributed by atoms with Crippen LogP contribution in [0.4, 0.5) is 0 Å². The van der Waals surface area contributed by atoms with Gasteiger partial charge in [-0.05, 0) is 23.9 Å². The summed E-state index contributed by atoms with van der Waals surface area (Å²) in [6.45, 7) is 0. The van der Waals surface area contributed by atoms with Gasteiger partial charge < -0.3 is 0 Å². The largest absolute Gasteiger partial charge is 0.236 e. The minimum Gasteiger partial charge on any atom is -0.236 e. The molecule has 20 heavy (non-hydrogen) atoms. The summed E-state index contributed by atoms with van der Waals surface area (Å²) in [6, 6.07) is 9.30. The van der Waals surface area contributed by atoms with E-state index in [0.717, 1.165) is 15.9 Å². The standard InChI is InChI=1S/C13H6Cl3N3S/c14-8-5-9(15)13(19-11(8)16)20-12-7-3-1-2-4-10(7)17-6-18-12/h1-6H. The second-order valence-corrected chi connectivity index (χ2v) is 6.00. The molecule has 0 radical (unpaired) electrons. The van der Waals surface area contributed by atoms with Crippen LogP contribution in [0.15, 0.2) is 46.7 Å². The van der Waals surface area contributed by atoms with E-state index in [1.54, 1.807) is 6.07 Å². The number of aromatic nitrogens is 3. The van der Waals surface area contributed by atoms with Crippen LogP contribution >= 0.6 is 46.6 Å². The quantitative estimate of drug-likeness (QED) is 0.477. The van der Waals surface area contributed by atoms with Crippen LogP contribution in [0.2, 0.25) is 15.2 Å². The maximum absolute atomic E-state index is 6.13. The SMILES string of the molecule is Clc1cc(Cl)c(Sc2ncnc3ccccc23)nc1Cl. The number of benzene rings is 1. The Labute approximate surface area is 134 Å². The number of hydrogen-bond acceptors (Lipinski definition) is 4. The van der Waals surface area contributed by atoms with E-state index in [4.69, 9.17) is 34.8 Å². The number of pyridine rings is 1. The molecule has 0 unspecified atom stereocenters. The molecule has 0 saturated heterocycles. The molecule has 0 bridgehead atoms. The Bertz CT molecular complexity index is 790. The number of hydrogen-bond donors (Lipinski definition) is 0. The first kappa shape index (κ1) is 13.9. The molecule has 2 aromatic heterocycles. The predicted molar refractivity (Wildman–Crippen MR) is 82.9 cm³/mol. The zero-order valence-corrected chi connectivity index (χ0v) is 12.9. The Kier molecular flexibility index (Phi) is 3.98. The van der Waals surface area contributed by atoms with Crippen LogP contribution in [0, 0.1) is 0 Å². The first-order valence-corrected chi connectivity index (χ1v) is 7.49. The van der Waals surface area contributed by atoms with Crippen molar-refractivity contribution in [1.82, 2.24) is 15.0 Å². The smallest absolute Gasteiger partial charge is 0.149 e. The van der Waals surface area contributed by atoms with Crippen LogP contribution in [-0.4, -0.2) is 15.0 Å². The van der Waals surface area contributed by atoms with Crippen LogP contribution in [-0.2, 0) is 0 Å². The van der Waals surface area contributed by atoms with Crippen LogP contribution in [0.25, 0.3) is 10.9 Å². The monoisotopic (exact) mass is 341 g/mol. The van der Waals surface area contributed by atoms with E-state index in [2.05, 4.69) is 15.0 Å². The van der Waals surface area contributed by atoms with Gasteiger partial charge in [0, 0.05) is 5.39 Å². The van der Waals surface area contributed by atoms with Gasteiger partial charge in [-0.1, -0.05) is 53.0 Å². The molecular formula is C13H6Cl3N3S. The lowest BCUT2D eigenvalue weighted by molar-refractivity contribution is 1.08. The van der Waals surface area contributed by atoms with Gasteiger partial charge in [0.2, 0.25) is 0 Å². The molecular weight excluding hydrogens is 337 g/mol. The van der Waals surface area contributed by atoms with E-state index in [9.17, 15) is 0 Å². The zero-order chi connectivity index (χ0) is 14.1. The molecule has 100 valence electrons. The Morgan fingerprint density at radius 1 is 0.900 bits per heavy atom. The Hall–Kier alpha value is -1.07. The zero-order valence-electron chi connectivity index (χ0n) is 9.85. The van der Waals surface area contributed by atoms with Gasteiger partial charge in [-0.2, -0.15) is 0 Å². The van der Waals surface area contributed by atoms with Crippen molar-refractivity contribution >= 4 is 57.5 Å². The molecule has 0 aliphatic rings. The molecule has 3 rings (SSSR count). The van der Waals surface area contributed by atoms with Gasteiger partial charge in [0.1, 0.15) is 21.5 Å². The van der Waals surface area contributed by atoms with Gasteiger partial charge in [-0.15, -0.1) is 0 Å². The normalized spacial score (nSPS) is 10.9. The molecule has 0 amide bonds. The van der Waals surface area contributed by atoms with Crippen molar-refractivity contribution in [3.05, 3.63) is 51.9 Å². The molecule has 0 fully saturated rings. The minimum absolute atomic E-state index is 0.219. The highest BCUT2D eigenvalue weighted by Crippen LogP contribution is 2.36. The predicted octanol–water partition coefficient (Wildman–Crippen LogP) is 5.14. The lowest BCUT2D eigenvalue weighted by Crippen LogP contribution is -1.89. The van der Waals surface area contributed by atoms with Crippen molar-refractivity contribution in [3.8, 4) is 0 Å². The Morgan fingerprint density at radius 3 is 2.55 bits per heavy atom. The molecule has 0 atom stereocenters. The van der Waals surface area contributed by atoms with Crippen molar-refractivity contribution in [2.45, 2.75) is 10.1 Å². The third kappa shape index (κ3) is 2.69. The maximum atomic E-state index is 6.13. The van der Waals surface area contributed by atoms with Crippen molar-refractivity contribution in [1.29, 1.82) is 0 Å². The summed E-state index contributed by atoms with van der Waals surface area (Å²) in [6.07, 6.45) is 1.51. The average Bonchev–Trinajstić information content (AvgIpc) is 2.45. The summed E-state index contributed by atoms with van der Waals surface area (Å²) in [5.74, 6) is 0. The Balaban J connectivity index is 2.08. The average molecular weight is 343 g/mol. The summed E-state index contributed by atoms with van der Waals surface area (Å²) < 4.78 is 0. The van der Waals surface area contributed by atoms with E-state index in [1.165, 1.54) is 18.1 Å². The van der Waals surface area contributed by atoms with Gasteiger partial charge in [0.15, 0.2) is 0 Å². The molecule has 7 heteroatoms. The molecule has 3 aromatic rings. The van der Waals surface area contributed by atoms with Crippen molar-refractivity contribution in [3.63, 3.8) is 0 Å². The van der Waals surface area contributed by atoms with Gasteiger partial charge >= 0.3 is 0 Å². The fourth-order valence-corrected chi connectivity index (χ4v) is 3.18. The fourth-order valence-electron chi connectivity index (χ4n) is 1.65. The molecule has 0 N–H and O–H groups in total. The lowest BCUT2D eigenvalue weighted by Gasteiger charge is -2.06. The topological polar surface area (TPSA) is 38.7 Å². The lowest BCUT2D eigenvalue weighted by atomic mass is 10.2. The van der Waals surface area contributed by atoms with E-state index in [0.29, 0.717) is 15.1 Å². The van der Waals surface area contributed by atoms with Crippen molar-refractivity contribution in [2.24, 2.45) is 0 Å². The second-order valence-electron chi connectivity index (χ2n) is 3.85. The molecule has 3 nitrogen and oxygen atoms in total. The third-order valence-corrected chi connectivity index (χ3v) is 4.65. The van der Waals surface area contributed by atoms with Gasteiger partial charge in [-0.25, -0.2) is 15.0 Å². The number of rotatable bonds is 2. The van der Waals surface area contributed by atoms with Gasteiger partial charge in [0.25, 0.3) is 0 Å². The Morgan fingerprint density at radius 2 is 1.70 bits per heavy atom. The summed E-state index contributed by atoms with van der Waals surface area (Å²) in [7, 11) is 0. The highest BCUT2D eigenvalue weighted by molar-refractivity contribution is 7.99. The molecule has 0 aliphatic heterocycles. The molecule has 0 spiro atoms. The third-order valence-electron chi connectivity index (χ3n) is 2.55. The van der Waals surface area contributed by atoms with Crippen LogP contribution in [0.1, 0.15) is 0 Å². The summed E-state index contributed by atoms with van der Waals surface area (Å²) >= 11 is 19.3. The van der Waals surface area contributed by atoms with Crippen molar-refractivity contribution < 1.29 is 0 Å². The second kappa shape index (κ2) is 5.74. The molecule has 0 saturated carbocycles. The van der Waals surface area contributed by atoms with E-state index < -0.39 is 0 Å². The first-order valence-electron chi connectivity index (χ1n) is 5.54. The highest BCUT2D eigenvalue weighted by Gasteiger charge is 2.12. The van der Waals surface area contributed by atoms with Gasteiger partial charge in [0.05, 0.1) is 15.6 Å². The van der Waals surface area contributed by atoms with Crippen LogP contribution in [0.5, 0.6) is 0 Å². The van der Waals surface area contributed by atoms with Crippen LogP contribution in [0.3, 0.4) is 0 Å². The van der Waals surface area contributed by atoms with E-state index in [-0.39, 0.29) is 5.15 Å². The van der Waals surface area contributed by atoms with E-state index in [1.807, 2.05) is 24.3 Å². The van der Waals surface area contributed by atoms with Crippen molar-refractivity contribution in [2.75, 3.05) is 0 Å². The number of fused-ring (bicyclic) bond motifs is 1. The number of nitrogens with zero attached hydrogens (tertiary/aromatic N) is 3. The minimum atomic E-state index is 0.219. The summed E-state index contributed by atoms with van der Waals surface area (Å²) in [5.41, 5.74) is 0.862.